The first-order valence-corrected chi connectivity index (χ1v) is 9.37. The summed E-state index contributed by atoms with van der Waals surface area (Å²) in [5.41, 5.74) is 1.26. The molecule has 0 bridgehead atoms. The molecule has 1 fully saturated rings. The van der Waals surface area contributed by atoms with E-state index in [1.165, 1.54) is 30.2 Å². The fraction of sp³-hybridized carbons (Fsp3) is 0.500. The number of pyridine rings is 1. The van der Waals surface area contributed by atoms with E-state index in [-0.39, 0.29) is 5.91 Å². The van der Waals surface area contributed by atoms with Crippen molar-refractivity contribution in [2.75, 3.05) is 25.5 Å². The summed E-state index contributed by atoms with van der Waals surface area (Å²) >= 11 is 1.56. The molecule has 2 aromatic heterocycles. The van der Waals surface area contributed by atoms with E-state index < -0.39 is 0 Å². The molecule has 0 aliphatic carbocycles. The predicted molar refractivity (Wildman–Crippen MR) is 98.9 cm³/mol. The van der Waals surface area contributed by atoms with Gasteiger partial charge in [-0.05, 0) is 37.3 Å². The van der Waals surface area contributed by atoms with Crippen molar-refractivity contribution >= 4 is 22.4 Å². The van der Waals surface area contributed by atoms with Crippen molar-refractivity contribution in [1.29, 1.82) is 0 Å². The van der Waals surface area contributed by atoms with Gasteiger partial charge in [0.05, 0.1) is 7.11 Å². The zero-order chi connectivity index (χ0) is 17.6. The van der Waals surface area contributed by atoms with Gasteiger partial charge in [-0.25, -0.2) is 9.97 Å². The van der Waals surface area contributed by atoms with Gasteiger partial charge in [0.1, 0.15) is 0 Å². The summed E-state index contributed by atoms with van der Waals surface area (Å²) in [6.45, 7) is 4.60. The van der Waals surface area contributed by atoms with E-state index >= 15 is 0 Å². The highest BCUT2D eigenvalue weighted by atomic mass is 32.1. The van der Waals surface area contributed by atoms with Crippen LogP contribution in [0.2, 0.25) is 0 Å². The second kappa shape index (κ2) is 8.40. The lowest BCUT2D eigenvalue weighted by molar-refractivity contribution is -0.114. The Hall–Kier alpha value is -1.99. The molecule has 2 aromatic rings. The largest absolute Gasteiger partial charge is 0.481 e. The standard InChI is InChI=1S/C18H24N4O2S/c1-13(23)21-18-20-10-16(25-18)12-22-7-3-4-15(11-22)8-14-5-6-17(24-2)19-9-14/h5-6,9-10,15H,3-4,7-8,11-12H2,1-2H3,(H,20,21,23)/t15-/m0/s1. The van der Waals surface area contributed by atoms with Crippen LogP contribution >= 0.6 is 11.3 Å². The maximum Gasteiger partial charge on any atom is 0.223 e. The van der Waals surface area contributed by atoms with Gasteiger partial charge in [0.15, 0.2) is 5.13 Å². The number of amides is 1. The number of hydrogen-bond donors (Lipinski definition) is 1. The predicted octanol–water partition coefficient (Wildman–Crippen LogP) is 2.96. The van der Waals surface area contributed by atoms with Gasteiger partial charge >= 0.3 is 0 Å². The Balaban J connectivity index is 1.53. The molecule has 1 saturated heterocycles. The van der Waals surface area contributed by atoms with Crippen LogP contribution in [0.5, 0.6) is 5.88 Å². The lowest BCUT2D eigenvalue weighted by Gasteiger charge is -2.32. The third-order valence-corrected chi connectivity index (χ3v) is 5.25. The minimum Gasteiger partial charge on any atom is -0.481 e. The molecule has 3 heterocycles. The Morgan fingerprint density at radius 3 is 3.00 bits per heavy atom. The maximum absolute atomic E-state index is 11.1. The molecule has 0 radical (unpaired) electrons. The Labute approximate surface area is 152 Å². The summed E-state index contributed by atoms with van der Waals surface area (Å²) in [7, 11) is 1.64. The van der Waals surface area contributed by atoms with E-state index in [0.29, 0.717) is 16.9 Å². The normalized spacial score (nSPS) is 18.1. The van der Waals surface area contributed by atoms with Crippen LogP contribution in [0, 0.1) is 5.92 Å². The fourth-order valence-electron chi connectivity index (χ4n) is 3.26. The summed E-state index contributed by atoms with van der Waals surface area (Å²) in [6.07, 6.45) is 7.30. The first-order chi connectivity index (χ1) is 12.1. The Morgan fingerprint density at radius 1 is 1.40 bits per heavy atom. The van der Waals surface area contributed by atoms with Crippen molar-refractivity contribution in [3.05, 3.63) is 35.0 Å². The molecule has 25 heavy (non-hydrogen) atoms. The van der Waals surface area contributed by atoms with Gasteiger partial charge < -0.3 is 10.1 Å². The average molecular weight is 360 g/mol. The van der Waals surface area contributed by atoms with Gasteiger partial charge in [-0.15, -0.1) is 11.3 Å². The quantitative estimate of drug-likeness (QED) is 0.858. The molecular weight excluding hydrogens is 336 g/mol. The Morgan fingerprint density at radius 2 is 2.28 bits per heavy atom. The highest BCUT2D eigenvalue weighted by molar-refractivity contribution is 7.15. The molecule has 1 N–H and O–H groups in total. The molecule has 0 saturated carbocycles. The van der Waals surface area contributed by atoms with E-state index in [2.05, 4.69) is 26.3 Å². The Kier molecular flexibility index (Phi) is 5.99. The first-order valence-electron chi connectivity index (χ1n) is 8.56. The topological polar surface area (TPSA) is 67.3 Å². The van der Waals surface area contributed by atoms with Crippen LogP contribution in [0.4, 0.5) is 5.13 Å². The van der Waals surface area contributed by atoms with Crippen LogP contribution in [0.15, 0.2) is 24.5 Å². The number of rotatable bonds is 6. The maximum atomic E-state index is 11.1. The highest BCUT2D eigenvalue weighted by Gasteiger charge is 2.21. The zero-order valence-corrected chi connectivity index (χ0v) is 15.5. The van der Waals surface area contributed by atoms with E-state index in [9.17, 15) is 4.79 Å². The SMILES string of the molecule is COc1ccc(C[C@@H]2CCCN(Cc3cnc(NC(C)=O)s3)C2)cn1. The van der Waals surface area contributed by atoms with Gasteiger partial charge in [-0.3, -0.25) is 9.69 Å². The molecule has 7 heteroatoms. The van der Waals surface area contributed by atoms with Crippen LogP contribution in [0.1, 0.15) is 30.2 Å². The summed E-state index contributed by atoms with van der Waals surface area (Å²) < 4.78 is 5.12. The van der Waals surface area contributed by atoms with Crippen molar-refractivity contribution < 1.29 is 9.53 Å². The van der Waals surface area contributed by atoms with Gasteiger partial charge in [0.25, 0.3) is 0 Å². The number of carbonyl (C=O) groups excluding carboxylic acids is 1. The molecule has 1 amide bonds. The molecule has 6 nitrogen and oxygen atoms in total. The van der Waals surface area contributed by atoms with Crippen molar-refractivity contribution in [2.45, 2.75) is 32.7 Å². The molecule has 1 aliphatic rings. The number of carbonyl (C=O) groups is 1. The van der Waals surface area contributed by atoms with Crippen LogP contribution in [0.3, 0.4) is 0 Å². The summed E-state index contributed by atoms with van der Waals surface area (Å²) in [5, 5.41) is 3.43. The van der Waals surface area contributed by atoms with Crippen molar-refractivity contribution in [3.63, 3.8) is 0 Å². The molecule has 3 rings (SSSR count). The van der Waals surface area contributed by atoms with Gasteiger partial charge in [-0.1, -0.05) is 6.07 Å². The van der Waals surface area contributed by atoms with Crippen LogP contribution in [-0.4, -0.2) is 41.0 Å². The number of nitrogens with zero attached hydrogens (tertiary/aromatic N) is 3. The number of nitrogens with one attached hydrogen (secondary N) is 1. The van der Waals surface area contributed by atoms with Crippen LogP contribution in [0.25, 0.3) is 0 Å². The van der Waals surface area contributed by atoms with Crippen molar-refractivity contribution in [2.24, 2.45) is 5.92 Å². The zero-order valence-electron chi connectivity index (χ0n) is 14.7. The van der Waals surface area contributed by atoms with Crippen molar-refractivity contribution in [1.82, 2.24) is 14.9 Å². The summed E-state index contributed by atoms with van der Waals surface area (Å²) in [4.78, 5) is 23.3. The lowest BCUT2D eigenvalue weighted by atomic mass is 9.92. The smallest absolute Gasteiger partial charge is 0.223 e. The molecule has 1 atom stereocenters. The number of thiazole rings is 1. The van der Waals surface area contributed by atoms with Gasteiger partial charge in [0, 0.05) is 43.4 Å². The summed E-state index contributed by atoms with van der Waals surface area (Å²) in [6, 6.07) is 4.03. The van der Waals surface area contributed by atoms with Crippen LogP contribution in [-0.2, 0) is 17.8 Å². The van der Waals surface area contributed by atoms with Crippen molar-refractivity contribution in [3.8, 4) is 5.88 Å². The molecule has 0 spiro atoms. The molecule has 0 aromatic carbocycles. The number of hydrogen-bond acceptors (Lipinski definition) is 6. The second-order valence-corrected chi connectivity index (χ2v) is 7.58. The third-order valence-electron chi connectivity index (χ3n) is 4.35. The van der Waals surface area contributed by atoms with Crippen LogP contribution < -0.4 is 10.1 Å². The third kappa shape index (κ3) is 5.24. The number of aromatic nitrogens is 2. The fourth-order valence-corrected chi connectivity index (χ4v) is 4.16. The molecular formula is C18H24N4O2S. The van der Waals surface area contributed by atoms with E-state index in [1.54, 1.807) is 18.4 Å². The molecule has 1 aliphatic heterocycles. The number of ether oxygens (including phenoxy) is 1. The van der Waals surface area contributed by atoms with Gasteiger partial charge in [0.2, 0.25) is 11.8 Å². The lowest BCUT2D eigenvalue weighted by Crippen LogP contribution is -2.35. The molecule has 134 valence electrons. The minimum absolute atomic E-state index is 0.0768. The van der Waals surface area contributed by atoms with E-state index in [4.69, 9.17) is 4.74 Å². The Bertz CT molecular complexity index is 701. The average Bonchev–Trinajstić information content (AvgIpc) is 3.02. The number of likely N-dealkylation sites (tertiary alicyclic amines) is 1. The monoisotopic (exact) mass is 360 g/mol. The molecule has 0 unspecified atom stereocenters. The minimum atomic E-state index is -0.0768. The van der Waals surface area contributed by atoms with Gasteiger partial charge in [-0.2, -0.15) is 0 Å². The van der Waals surface area contributed by atoms with E-state index in [1.807, 2.05) is 18.5 Å². The second-order valence-electron chi connectivity index (χ2n) is 6.47. The number of anilines is 1. The van der Waals surface area contributed by atoms with E-state index in [0.717, 1.165) is 26.1 Å². The number of piperidine rings is 1. The highest BCUT2D eigenvalue weighted by Crippen LogP contribution is 2.25. The summed E-state index contributed by atoms with van der Waals surface area (Å²) in [5.74, 6) is 1.23. The number of methoxy groups -OCH3 is 1. The first kappa shape index (κ1) is 17.8.